The maximum Gasteiger partial charge on any atom is 0.191 e. The quantitative estimate of drug-likeness (QED) is 0.340. The van der Waals surface area contributed by atoms with E-state index in [0.717, 1.165) is 37.7 Å². The first-order valence-electron chi connectivity index (χ1n) is 10.1. The summed E-state index contributed by atoms with van der Waals surface area (Å²) >= 11 is 2.09. The molecule has 1 aliphatic carbocycles. The molecule has 27 heavy (non-hydrogen) atoms. The van der Waals surface area contributed by atoms with E-state index in [1.54, 1.807) is 0 Å². The van der Waals surface area contributed by atoms with Gasteiger partial charge in [-0.25, -0.2) is 0 Å². The fraction of sp³-hybridized carbons (Fsp3) is 0.700. The molecule has 0 aromatic carbocycles. The van der Waals surface area contributed by atoms with Crippen LogP contribution in [0.1, 0.15) is 38.3 Å². The van der Waals surface area contributed by atoms with Crippen LogP contribution in [0.3, 0.4) is 0 Å². The number of nitrogens with one attached hydrogen (secondary N) is 2. The number of hydrogen-bond donors (Lipinski definition) is 2. The Hall–Kier alpha value is -0.540. The molecule has 0 amide bonds. The molecule has 0 unspecified atom stereocenters. The smallest absolute Gasteiger partial charge is 0.191 e. The third-order valence-electron chi connectivity index (χ3n) is 5.49. The molecule has 5 nitrogen and oxygen atoms in total. The topological polar surface area (TPSA) is 52.6 Å². The first-order chi connectivity index (χ1) is 12.8. The van der Waals surface area contributed by atoms with Crippen LogP contribution in [0.2, 0.25) is 0 Å². The zero-order chi connectivity index (χ0) is 18.1. The van der Waals surface area contributed by atoms with Crippen LogP contribution in [0.4, 0.5) is 0 Å². The molecular formula is C20H34IN5S. The van der Waals surface area contributed by atoms with Crippen molar-refractivity contribution in [3.63, 3.8) is 0 Å². The zero-order valence-electron chi connectivity index (χ0n) is 16.5. The Balaban J connectivity index is 0.00000261. The summed E-state index contributed by atoms with van der Waals surface area (Å²) in [7, 11) is 0. The van der Waals surface area contributed by atoms with Crippen LogP contribution in [-0.4, -0.2) is 65.6 Å². The van der Waals surface area contributed by atoms with Gasteiger partial charge in [-0.05, 0) is 31.9 Å². The van der Waals surface area contributed by atoms with Crippen molar-refractivity contribution >= 4 is 41.7 Å². The maximum atomic E-state index is 5.00. The van der Waals surface area contributed by atoms with Crippen molar-refractivity contribution in [3.8, 4) is 0 Å². The van der Waals surface area contributed by atoms with Crippen molar-refractivity contribution in [2.24, 2.45) is 4.99 Å². The van der Waals surface area contributed by atoms with Gasteiger partial charge < -0.3 is 10.6 Å². The molecule has 2 aliphatic rings. The Morgan fingerprint density at radius 3 is 2.67 bits per heavy atom. The van der Waals surface area contributed by atoms with E-state index in [4.69, 9.17) is 4.99 Å². The molecule has 0 radical (unpaired) electrons. The lowest BCUT2D eigenvalue weighted by molar-refractivity contribution is 0.112. The van der Waals surface area contributed by atoms with Gasteiger partial charge in [0.05, 0.1) is 6.54 Å². The molecule has 1 aromatic rings. The molecule has 152 valence electrons. The van der Waals surface area contributed by atoms with E-state index in [9.17, 15) is 0 Å². The van der Waals surface area contributed by atoms with Crippen LogP contribution in [-0.2, 0) is 6.42 Å². The van der Waals surface area contributed by atoms with Gasteiger partial charge in [0.2, 0.25) is 0 Å². The van der Waals surface area contributed by atoms with Crippen LogP contribution in [0, 0.1) is 0 Å². The van der Waals surface area contributed by atoms with Crippen LogP contribution < -0.4 is 10.6 Å². The van der Waals surface area contributed by atoms with Crippen LogP contribution in [0.5, 0.6) is 0 Å². The number of halogens is 1. The minimum atomic E-state index is 0. The van der Waals surface area contributed by atoms with Crippen LogP contribution in [0.15, 0.2) is 29.4 Å². The molecule has 0 atom stereocenters. The Kier molecular flexibility index (Phi) is 10.2. The van der Waals surface area contributed by atoms with Gasteiger partial charge in [-0.2, -0.15) is 11.8 Å². The monoisotopic (exact) mass is 503 g/mol. The molecule has 1 saturated carbocycles. The Labute approximate surface area is 185 Å². The number of pyridine rings is 1. The second-order valence-corrected chi connectivity index (χ2v) is 8.45. The van der Waals surface area contributed by atoms with Crippen molar-refractivity contribution in [2.75, 3.05) is 44.2 Å². The number of nitrogens with zero attached hydrogens (tertiary/aromatic N) is 3. The molecule has 0 spiro atoms. The highest BCUT2D eigenvalue weighted by molar-refractivity contribution is 14.0. The standard InChI is InChI=1S/C20H33N5S.HI/c1-2-21-19(23-12-8-18-7-3-6-11-22-18)24-17-20(9-4-5-10-20)25-13-15-26-16-14-25;/h3,6-7,11H,2,4-5,8-10,12-17H2,1H3,(H2,21,23,24);1H. The summed E-state index contributed by atoms with van der Waals surface area (Å²) in [6, 6.07) is 6.08. The Morgan fingerprint density at radius 1 is 1.22 bits per heavy atom. The molecule has 2 N–H and O–H groups in total. The van der Waals surface area contributed by atoms with Crippen LogP contribution >= 0.6 is 35.7 Å². The zero-order valence-corrected chi connectivity index (χ0v) is 19.6. The summed E-state index contributed by atoms with van der Waals surface area (Å²) < 4.78 is 0. The average Bonchev–Trinajstić information content (AvgIpc) is 3.18. The molecule has 2 fully saturated rings. The van der Waals surface area contributed by atoms with Gasteiger partial charge in [-0.1, -0.05) is 18.9 Å². The molecule has 2 heterocycles. The fourth-order valence-electron chi connectivity index (χ4n) is 4.07. The highest BCUT2D eigenvalue weighted by Gasteiger charge is 2.39. The van der Waals surface area contributed by atoms with Gasteiger partial charge in [-0.15, -0.1) is 24.0 Å². The van der Waals surface area contributed by atoms with Crippen molar-refractivity contribution in [1.82, 2.24) is 20.5 Å². The van der Waals surface area contributed by atoms with E-state index in [0.29, 0.717) is 5.54 Å². The van der Waals surface area contributed by atoms with E-state index >= 15 is 0 Å². The maximum absolute atomic E-state index is 5.00. The first kappa shape index (κ1) is 22.7. The van der Waals surface area contributed by atoms with Gasteiger partial charge in [0.15, 0.2) is 5.96 Å². The van der Waals surface area contributed by atoms with E-state index in [-0.39, 0.29) is 24.0 Å². The Morgan fingerprint density at radius 2 is 2.00 bits per heavy atom. The summed E-state index contributed by atoms with van der Waals surface area (Å²) in [5, 5.41) is 6.90. The number of aromatic nitrogens is 1. The highest BCUT2D eigenvalue weighted by atomic mass is 127. The Bertz CT molecular complexity index is 557. The van der Waals surface area contributed by atoms with Crippen LogP contribution in [0.25, 0.3) is 0 Å². The van der Waals surface area contributed by atoms with E-state index in [1.807, 2.05) is 18.3 Å². The van der Waals surface area contributed by atoms with E-state index < -0.39 is 0 Å². The van der Waals surface area contributed by atoms with Gasteiger partial charge in [-0.3, -0.25) is 14.9 Å². The molecule has 0 bridgehead atoms. The molecule has 7 heteroatoms. The summed E-state index contributed by atoms with van der Waals surface area (Å²) in [6.07, 6.45) is 8.07. The summed E-state index contributed by atoms with van der Waals surface area (Å²) in [6.45, 7) is 7.24. The molecule has 1 aliphatic heterocycles. The summed E-state index contributed by atoms with van der Waals surface area (Å²) in [4.78, 5) is 12.1. The lowest BCUT2D eigenvalue weighted by atomic mass is 9.95. The third-order valence-corrected chi connectivity index (χ3v) is 6.43. The van der Waals surface area contributed by atoms with Gasteiger partial charge >= 0.3 is 0 Å². The van der Waals surface area contributed by atoms with Crippen molar-refractivity contribution in [2.45, 2.75) is 44.6 Å². The van der Waals surface area contributed by atoms with E-state index in [1.165, 1.54) is 50.3 Å². The number of thioether (sulfide) groups is 1. The van der Waals surface area contributed by atoms with Crippen molar-refractivity contribution in [3.05, 3.63) is 30.1 Å². The normalized spacial score (nSPS) is 20.1. The number of guanidine groups is 1. The van der Waals surface area contributed by atoms with Gasteiger partial charge in [0.1, 0.15) is 0 Å². The van der Waals surface area contributed by atoms with E-state index in [2.05, 4.69) is 45.3 Å². The summed E-state index contributed by atoms with van der Waals surface area (Å²) in [5.41, 5.74) is 1.42. The predicted octanol–water partition coefficient (Wildman–Crippen LogP) is 3.16. The predicted molar refractivity (Wildman–Crippen MR) is 127 cm³/mol. The first-order valence-corrected chi connectivity index (χ1v) is 11.2. The molecule has 1 aromatic heterocycles. The van der Waals surface area contributed by atoms with Crippen molar-refractivity contribution < 1.29 is 0 Å². The van der Waals surface area contributed by atoms with Gasteiger partial charge in [0, 0.05) is 61.5 Å². The second-order valence-electron chi connectivity index (χ2n) is 7.22. The third kappa shape index (κ3) is 6.78. The molecule has 1 saturated heterocycles. The van der Waals surface area contributed by atoms with Gasteiger partial charge in [0.25, 0.3) is 0 Å². The number of hydrogen-bond acceptors (Lipinski definition) is 4. The lowest BCUT2D eigenvalue weighted by Gasteiger charge is -2.42. The number of rotatable bonds is 7. The molecule has 3 rings (SSSR count). The average molecular weight is 503 g/mol. The van der Waals surface area contributed by atoms with Crippen molar-refractivity contribution in [1.29, 1.82) is 0 Å². The largest absolute Gasteiger partial charge is 0.357 e. The highest BCUT2D eigenvalue weighted by Crippen LogP contribution is 2.37. The summed E-state index contributed by atoms with van der Waals surface area (Å²) in [5.74, 6) is 3.49. The lowest BCUT2D eigenvalue weighted by Crippen LogP contribution is -2.53. The minimum absolute atomic E-state index is 0. The SMILES string of the molecule is CCNC(=NCC1(N2CCSCC2)CCCC1)NCCc1ccccn1.I. The number of aliphatic imine (C=N–C) groups is 1. The molecular weight excluding hydrogens is 469 g/mol. The second kappa shape index (κ2) is 12.1. The fourth-order valence-corrected chi connectivity index (χ4v) is 4.97. The minimum Gasteiger partial charge on any atom is -0.357 e.